The van der Waals surface area contributed by atoms with Crippen LogP contribution in [-0.4, -0.2) is 28.5 Å². The van der Waals surface area contributed by atoms with Crippen molar-refractivity contribution < 1.29 is 9.18 Å². The number of likely N-dealkylation sites (tertiary alicyclic amines) is 1. The van der Waals surface area contributed by atoms with Crippen LogP contribution in [0, 0.1) is 11.7 Å². The molecule has 0 N–H and O–H groups in total. The minimum Gasteiger partial charge on any atom is -0.337 e. The third-order valence-corrected chi connectivity index (χ3v) is 5.79. The summed E-state index contributed by atoms with van der Waals surface area (Å²) in [6.45, 7) is 4.44. The van der Waals surface area contributed by atoms with E-state index in [1.165, 1.54) is 18.6 Å². The quantitative estimate of drug-likeness (QED) is 0.664. The number of thiophene rings is 1. The normalized spacial score (nSPS) is 18.0. The second kappa shape index (κ2) is 6.64. The average molecular weight is 356 g/mol. The van der Waals surface area contributed by atoms with Crippen molar-refractivity contribution in [1.82, 2.24) is 9.47 Å². The number of rotatable bonds is 3. The van der Waals surface area contributed by atoms with Crippen molar-refractivity contribution in [2.75, 3.05) is 13.1 Å². The molecule has 0 saturated carbocycles. The Bertz CT molecular complexity index is 896. The van der Waals surface area contributed by atoms with Gasteiger partial charge in [-0.05, 0) is 54.0 Å². The molecule has 1 atom stereocenters. The average Bonchev–Trinajstić information content (AvgIpc) is 3.19. The van der Waals surface area contributed by atoms with Crippen LogP contribution in [0.2, 0.25) is 0 Å². The van der Waals surface area contributed by atoms with Crippen LogP contribution < -0.4 is 0 Å². The second-order valence-electron chi connectivity index (χ2n) is 6.91. The molecule has 1 aliphatic rings. The van der Waals surface area contributed by atoms with Crippen molar-refractivity contribution in [1.29, 1.82) is 0 Å². The van der Waals surface area contributed by atoms with Gasteiger partial charge in [-0.2, -0.15) is 0 Å². The van der Waals surface area contributed by atoms with Crippen molar-refractivity contribution >= 4 is 27.5 Å². The number of hydrogen-bond acceptors (Lipinski definition) is 2. The number of hydrogen-bond donors (Lipinski definition) is 0. The highest BCUT2D eigenvalue weighted by atomic mass is 32.1. The van der Waals surface area contributed by atoms with Crippen molar-refractivity contribution in [2.24, 2.45) is 5.92 Å². The number of halogens is 1. The molecule has 1 amide bonds. The Morgan fingerprint density at radius 2 is 2.08 bits per heavy atom. The molecule has 0 radical (unpaired) electrons. The highest BCUT2D eigenvalue weighted by Gasteiger charge is 2.25. The maximum absolute atomic E-state index is 13.2. The first-order valence-electron chi connectivity index (χ1n) is 8.72. The van der Waals surface area contributed by atoms with Gasteiger partial charge in [-0.3, -0.25) is 4.79 Å². The molecule has 3 heterocycles. The van der Waals surface area contributed by atoms with Gasteiger partial charge in [0.15, 0.2) is 0 Å². The Morgan fingerprint density at radius 3 is 2.84 bits per heavy atom. The molecule has 1 aliphatic heterocycles. The van der Waals surface area contributed by atoms with Crippen LogP contribution >= 0.6 is 11.3 Å². The number of aromatic nitrogens is 1. The van der Waals surface area contributed by atoms with Gasteiger partial charge < -0.3 is 9.47 Å². The van der Waals surface area contributed by atoms with Gasteiger partial charge in [-0.15, -0.1) is 11.3 Å². The topological polar surface area (TPSA) is 25.2 Å². The van der Waals surface area contributed by atoms with Crippen LogP contribution in [-0.2, 0) is 6.54 Å². The van der Waals surface area contributed by atoms with Gasteiger partial charge in [0.2, 0.25) is 0 Å². The summed E-state index contributed by atoms with van der Waals surface area (Å²) in [5.41, 5.74) is 2.80. The number of carbonyl (C=O) groups excluding carboxylic acids is 1. The summed E-state index contributed by atoms with van der Waals surface area (Å²) in [5.74, 6) is 0.423. The fourth-order valence-electron chi connectivity index (χ4n) is 3.63. The number of nitrogens with zero attached hydrogens (tertiary/aromatic N) is 2. The lowest BCUT2D eigenvalue weighted by atomic mass is 10.00. The van der Waals surface area contributed by atoms with E-state index < -0.39 is 0 Å². The summed E-state index contributed by atoms with van der Waals surface area (Å²) in [6, 6.07) is 10.6. The molecule has 130 valence electrons. The van der Waals surface area contributed by atoms with Gasteiger partial charge in [-0.1, -0.05) is 19.1 Å². The fourth-order valence-corrected chi connectivity index (χ4v) is 4.46. The Balaban J connectivity index is 1.69. The van der Waals surface area contributed by atoms with E-state index in [9.17, 15) is 9.18 Å². The summed E-state index contributed by atoms with van der Waals surface area (Å²) in [5, 5.41) is 2.04. The van der Waals surface area contributed by atoms with Gasteiger partial charge >= 0.3 is 0 Å². The van der Waals surface area contributed by atoms with E-state index in [1.807, 2.05) is 16.3 Å². The van der Waals surface area contributed by atoms with E-state index >= 15 is 0 Å². The predicted molar refractivity (Wildman–Crippen MR) is 99.6 cm³/mol. The zero-order chi connectivity index (χ0) is 17.4. The second-order valence-corrected chi connectivity index (χ2v) is 7.86. The van der Waals surface area contributed by atoms with Gasteiger partial charge in [0.05, 0.1) is 10.2 Å². The van der Waals surface area contributed by atoms with Crippen LogP contribution in [0.5, 0.6) is 0 Å². The highest BCUT2D eigenvalue weighted by Crippen LogP contribution is 2.28. The fraction of sp³-hybridized carbons (Fsp3) is 0.350. The minimum atomic E-state index is -0.240. The third-order valence-electron chi connectivity index (χ3n) is 4.94. The molecular weight excluding hydrogens is 335 g/mol. The molecule has 0 unspecified atom stereocenters. The van der Waals surface area contributed by atoms with E-state index in [0.717, 1.165) is 41.0 Å². The first-order valence-corrected chi connectivity index (χ1v) is 9.60. The summed E-state index contributed by atoms with van der Waals surface area (Å²) in [4.78, 5) is 15.1. The summed E-state index contributed by atoms with van der Waals surface area (Å²) < 4.78 is 16.4. The van der Waals surface area contributed by atoms with Gasteiger partial charge in [-0.25, -0.2) is 4.39 Å². The third kappa shape index (κ3) is 3.21. The van der Waals surface area contributed by atoms with Gasteiger partial charge in [0.1, 0.15) is 11.5 Å². The molecule has 1 fully saturated rings. The molecule has 0 spiro atoms. The molecular formula is C20H21FN2OS. The molecule has 0 bridgehead atoms. The molecule has 5 heteroatoms. The Labute approximate surface area is 150 Å². The van der Waals surface area contributed by atoms with Gasteiger partial charge in [0.25, 0.3) is 5.91 Å². The summed E-state index contributed by atoms with van der Waals surface area (Å²) in [6.07, 6.45) is 2.26. The van der Waals surface area contributed by atoms with Gasteiger partial charge in [0, 0.05) is 19.6 Å². The Kier molecular flexibility index (Phi) is 4.34. The molecule has 0 aliphatic carbocycles. The lowest BCUT2D eigenvalue weighted by Crippen LogP contribution is -2.40. The van der Waals surface area contributed by atoms with Crippen LogP contribution in [0.4, 0.5) is 4.39 Å². The monoisotopic (exact) mass is 356 g/mol. The first kappa shape index (κ1) is 16.3. The number of piperidine rings is 1. The molecule has 3 nitrogen and oxygen atoms in total. The van der Waals surface area contributed by atoms with E-state index in [4.69, 9.17) is 0 Å². The molecule has 4 rings (SSSR count). The van der Waals surface area contributed by atoms with Crippen LogP contribution in [0.1, 0.15) is 35.8 Å². The number of amides is 1. The van der Waals surface area contributed by atoms with Crippen molar-refractivity contribution in [2.45, 2.75) is 26.3 Å². The summed E-state index contributed by atoms with van der Waals surface area (Å²) >= 11 is 1.65. The SMILES string of the molecule is C[C@@H]1CCCN(C(=O)c2cc3sccc3n2Cc2ccc(F)cc2)C1. The lowest BCUT2D eigenvalue weighted by Gasteiger charge is -2.31. The Hall–Kier alpha value is -2.14. The first-order chi connectivity index (χ1) is 12.1. The van der Waals surface area contributed by atoms with Crippen LogP contribution in [0.25, 0.3) is 10.2 Å². The number of benzene rings is 1. The predicted octanol–water partition coefficient (Wildman–Crippen LogP) is 4.76. The maximum Gasteiger partial charge on any atom is 0.270 e. The molecule has 1 saturated heterocycles. The maximum atomic E-state index is 13.2. The van der Waals surface area contributed by atoms with Crippen molar-refractivity contribution in [3.8, 4) is 0 Å². The van der Waals surface area contributed by atoms with Crippen molar-refractivity contribution in [3.63, 3.8) is 0 Å². The minimum absolute atomic E-state index is 0.108. The largest absolute Gasteiger partial charge is 0.337 e. The molecule has 1 aromatic carbocycles. The van der Waals surface area contributed by atoms with E-state index in [0.29, 0.717) is 12.5 Å². The number of fused-ring (bicyclic) bond motifs is 1. The zero-order valence-corrected chi connectivity index (χ0v) is 15.1. The standard InChI is InChI=1S/C20H21FN2OS/c1-14-3-2-9-22(12-14)20(24)18-11-19-17(8-10-25-19)23(18)13-15-4-6-16(21)7-5-15/h4-8,10-11,14H,2-3,9,12-13H2,1H3/t14-/m1/s1. The Morgan fingerprint density at radius 1 is 1.28 bits per heavy atom. The molecule has 2 aromatic heterocycles. The highest BCUT2D eigenvalue weighted by molar-refractivity contribution is 7.17. The lowest BCUT2D eigenvalue weighted by molar-refractivity contribution is 0.0673. The van der Waals surface area contributed by atoms with Crippen molar-refractivity contribution in [3.05, 3.63) is 58.9 Å². The molecule has 3 aromatic rings. The summed E-state index contributed by atoms with van der Waals surface area (Å²) in [7, 11) is 0. The van der Waals surface area contributed by atoms with E-state index in [1.54, 1.807) is 23.5 Å². The van der Waals surface area contributed by atoms with Crippen LogP contribution in [0.3, 0.4) is 0 Å². The van der Waals surface area contributed by atoms with E-state index in [2.05, 4.69) is 17.6 Å². The van der Waals surface area contributed by atoms with E-state index in [-0.39, 0.29) is 11.7 Å². The number of carbonyl (C=O) groups is 1. The zero-order valence-electron chi connectivity index (χ0n) is 14.2. The smallest absolute Gasteiger partial charge is 0.270 e. The van der Waals surface area contributed by atoms with Crippen LogP contribution in [0.15, 0.2) is 41.8 Å². The molecule has 25 heavy (non-hydrogen) atoms.